The van der Waals surface area contributed by atoms with Crippen LogP contribution >= 0.6 is 0 Å². The summed E-state index contributed by atoms with van der Waals surface area (Å²) < 4.78 is 5.58. The Morgan fingerprint density at radius 3 is 3.19 bits per heavy atom. The summed E-state index contributed by atoms with van der Waals surface area (Å²) in [5, 5.41) is 3.27. The molecule has 1 aromatic heterocycles. The molecule has 0 fully saturated rings. The lowest BCUT2D eigenvalue weighted by molar-refractivity contribution is 0.356. The second-order valence-corrected chi connectivity index (χ2v) is 4.80. The summed E-state index contributed by atoms with van der Waals surface area (Å²) in [5.41, 5.74) is 8.95. The van der Waals surface area contributed by atoms with Crippen molar-refractivity contribution < 1.29 is 4.74 Å². The third kappa shape index (κ3) is 2.79. The average molecular weight is 283 g/mol. The van der Waals surface area contributed by atoms with Crippen LogP contribution in [-0.4, -0.2) is 29.8 Å². The lowest BCUT2D eigenvalue weighted by atomic mass is 10.1. The number of nitrogens with two attached hydrogens (primary N) is 1. The summed E-state index contributed by atoms with van der Waals surface area (Å²) in [6.45, 7) is 1.41. The van der Waals surface area contributed by atoms with Crippen molar-refractivity contribution in [3.63, 3.8) is 0 Å². The second-order valence-electron chi connectivity index (χ2n) is 4.80. The van der Waals surface area contributed by atoms with Gasteiger partial charge in [0.25, 0.3) is 0 Å². The van der Waals surface area contributed by atoms with E-state index in [0.29, 0.717) is 23.7 Å². The van der Waals surface area contributed by atoms with Crippen LogP contribution in [0.2, 0.25) is 0 Å². The zero-order chi connectivity index (χ0) is 14.7. The number of hydrogen-bond acceptors (Lipinski definition) is 6. The van der Waals surface area contributed by atoms with Gasteiger partial charge in [0.05, 0.1) is 12.2 Å². The predicted molar refractivity (Wildman–Crippen MR) is 82.9 cm³/mol. The molecule has 2 aromatic rings. The number of anilines is 2. The quantitative estimate of drug-likeness (QED) is 0.833. The molecule has 0 spiro atoms. The smallest absolute Gasteiger partial charge is 0.140 e. The van der Waals surface area contributed by atoms with Crippen LogP contribution in [0.1, 0.15) is 16.7 Å². The number of hydrogen-bond donors (Lipinski definition) is 2. The van der Waals surface area contributed by atoms with Gasteiger partial charge in [-0.3, -0.25) is 4.99 Å². The molecule has 0 aliphatic carbocycles. The molecule has 3 N–H and O–H groups in total. The van der Waals surface area contributed by atoms with E-state index in [-0.39, 0.29) is 0 Å². The summed E-state index contributed by atoms with van der Waals surface area (Å²) in [6.07, 6.45) is 4.09. The lowest BCUT2D eigenvalue weighted by Crippen LogP contribution is -2.08. The molecule has 3 rings (SSSR count). The summed E-state index contributed by atoms with van der Waals surface area (Å²) >= 11 is 0. The van der Waals surface area contributed by atoms with Crippen LogP contribution in [-0.2, 0) is 13.0 Å². The van der Waals surface area contributed by atoms with Crippen LogP contribution in [0, 0.1) is 0 Å². The van der Waals surface area contributed by atoms with Crippen molar-refractivity contribution in [1.29, 1.82) is 0 Å². The van der Waals surface area contributed by atoms with Gasteiger partial charge in [-0.2, -0.15) is 0 Å². The number of rotatable bonds is 4. The minimum Gasteiger partial charge on any atom is -0.493 e. The number of ether oxygens (including phenoxy) is 1. The van der Waals surface area contributed by atoms with E-state index in [2.05, 4.69) is 38.5 Å². The van der Waals surface area contributed by atoms with Crippen LogP contribution < -0.4 is 15.8 Å². The van der Waals surface area contributed by atoms with Gasteiger partial charge in [-0.25, -0.2) is 9.97 Å². The van der Waals surface area contributed by atoms with Crippen molar-refractivity contribution in [1.82, 2.24) is 9.97 Å². The number of aliphatic imine (C=N–C) groups is 1. The Balaban J connectivity index is 1.77. The molecule has 108 valence electrons. The molecule has 0 amide bonds. The first kappa shape index (κ1) is 13.4. The van der Waals surface area contributed by atoms with Gasteiger partial charge in [0.2, 0.25) is 0 Å². The van der Waals surface area contributed by atoms with E-state index in [4.69, 9.17) is 10.5 Å². The Labute approximate surface area is 123 Å². The Bertz CT molecular complexity index is 684. The second kappa shape index (κ2) is 5.78. The SMILES string of the molecule is CN=Cc1c(N)ncnc1NCc1ccc2c(c1)OCC2. The molecular weight excluding hydrogens is 266 g/mol. The minimum atomic E-state index is 0.412. The first-order valence-corrected chi connectivity index (χ1v) is 6.79. The van der Waals surface area contributed by atoms with Gasteiger partial charge in [-0.15, -0.1) is 0 Å². The van der Waals surface area contributed by atoms with E-state index in [1.807, 2.05) is 0 Å². The molecule has 0 radical (unpaired) electrons. The largest absolute Gasteiger partial charge is 0.493 e. The molecule has 0 atom stereocenters. The highest BCUT2D eigenvalue weighted by molar-refractivity contribution is 5.91. The Morgan fingerprint density at radius 2 is 2.33 bits per heavy atom. The molecule has 6 nitrogen and oxygen atoms in total. The van der Waals surface area contributed by atoms with Gasteiger partial charge >= 0.3 is 0 Å². The highest BCUT2D eigenvalue weighted by Crippen LogP contribution is 2.26. The van der Waals surface area contributed by atoms with E-state index in [1.54, 1.807) is 13.3 Å². The highest BCUT2D eigenvalue weighted by Gasteiger charge is 2.12. The molecule has 6 heteroatoms. The topological polar surface area (TPSA) is 85.4 Å². The molecule has 0 saturated carbocycles. The molecule has 2 heterocycles. The van der Waals surface area contributed by atoms with E-state index in [9.17, 15) is 0 Å². The number of benzene rings is 1. The molecule has 0 saturated heterocycles. The van der Waals surface area contributed by atoms with Crippen LogP contribution in [0.4, 0.5) is 11.6 Å². The first-order valence-electron chi connectivity index (χ1n) is 6.79. The van der Waals surface area contributed by atoms with Gasteiger partial charge in [-0.05, 0) is 17.2 Å². The molecule has 0 unspecified atom stereocenters. The van der Waals surface area contributed by atoms with Gasteiger partial charge in [0.1, 0.15) is 23.7 Å². The van der Waals surface area contributed by atoms with Crippen LogP contribution in [0.15, 0.2) is 29.5 Å². The Morgan fingerprint density at radius 1 is 1.43 bits per heavy atom. The molecular formula is C15H17N5O. The molecule has 1 aromatic carbocycles. The summed E-state index contributed by atoms with van der Waals surface area (Å²) in [4.78, 5) is 12.2. The zero-order valence-corrected chi connectivity index (χ0v) is 11.8. The predicted octanol–water partition coefficient (Wildman–Crippen LogP) is 1.65. The van der Waals surface area contributed by atoms with Gasteiger partial charge < -0.3 is 15.8 Å². The molecule has 0 bridgehead atoms. The number of fused-ring (bicyclic) bond motifs is 1. The standard InChI is InChI=1S/C15H17N5O/c1-17-8-12-14(16)19-9-20-15(12)18-7-10-2-3-11-4-5-21-13(11)6-10/h2-3,6,8-9H,4-5,7H2,1H3,(H3,16,18,19,20). The van der Waals surface area contributed by atoms with Crippen molar-refractivity contribution >= 4 is 17.9 Å². The third-order valence-electron chi connectivity index (χ3n) is 3.39. The lowest BCUT2D eigenvalue weighted by Gasteiger charge is -2.10. The molecule has 21 heavy (non-hydrogen) atoms. The molecule has 1 aliphatic heterocycles. The van der Waals surface area contributed by atoms with Crippen LogP contribution in [0.5, 0.6) is 5.75 Å². The Hall–Kier alpha value is -2.63. The van der Waals surface area contributed by atoms with Gasteiger partial charge in [0.15, 0.2) is 0 Å². The fourth-order valence-corrected chi connectivity index (χ4v) is 2.31. The maximum Gasteiger partial charge on any atom is 0.140 e. The van der Waals surface area contributed by atoms with Crippen molar-refractivity contribution in [2.24, 2.45) is 4.99 Å². The summed E-state index contributed by atoms with van der Waals surface area (Å²) in [7, 11) is 1.69. The summed E-state index contributed by atoms with van der Waals surface area (Å²) in [6, 6.07) is 6.27. The Kier molecular flexibility index (Phi) is 3.68. The number of nitrogens with one attached hydrogen (secondary N) is 1. The number of nitrogen functional groups attached to an aromatic ring is 1. The number of nitrogens with zero attached hydrogens (tertiary/aromatic N) is 3. The third-order valence-corrected chi connectivity index (χ3v) is 3.39. The van der Waals surface area contributed by atoms with Crippen LogP contribution in [0.3, 0.4) is 0 Å². The maximum absolute atomic E-state index is 5.85. The maximum atomic E-state index is 5.85. The fraction of sp³-hybridized carbons (Fsp3) is 0.267. The van der Waals surface area contributed by atoms with E-state index >= 15 is 0 Å². The highest BCUT2D eigenvalue weighted by atomic mass is 16.5. The van der Waals surface area contributed by atoms with Gasteiger partial charge in [0, 0.05) is 26.2 Å². The van der Waals surface area contributed by atoms with E-state index < -0.39 is 0 Å². The zero-order valence-electron chi connectivity index (χ0n) is 11.8. The molecule has 1 aliphatic rings. The van der Waals surface area contributed by atoms with E-state index in [0.717, 1.165) is 24.3 Å². The van der Waals surface area contributed by atoms with Crippen molar-refractivity contribution in [3.05, 3.63) is 41.2 Å². The average Bonchev–Trinajstić information content (AvgIpc) is 2.95. The fourth-order valence-electron chi connectivity index (χ4n) is 2.31. The minimum absolute atomic E-state index is 0.412. The number of aromatic nitrogens is 2. The van der Waals surface area contributed by atoms with Crippen molar-refractivity contribution in [2.45, 2.75) is 13.0 Å². The van der Waals surface area contributed by atoms with Gasteiger partial charge in [-0.1, -0.05) is 12.1 Å². The van der Waals surface area contributed by atoms with Crippen molar-refractivity contribution in [3.8, 4) is 5.75 Å². The first-order chi connectivity index (χ1) is 10.3. The monoisotopic (exact) mass is 283 g/mol. The van der Waals surface area contributed by atoms with Crippen LogP contribution in [0.25, 0.3) is 0 Å². The van der Waals surface area contributed by atoms with Crippen molar-refractivity contribution in [2.75, 3.05) is 24.7 Å². The van der Waals surface area contributed by atoms with E-state index in [1.165, 1.54) is 11.9 Å². The normalized spacial score (nSPS) is 13.2. The summed E-state index contributed by atoms with van der Waals surface area (Å²) in [5.74, 6) is 2.07.